The molecule has 0 fully saturated rings. The first-order valence-electron chi connectivity index (χ1n) is 5.59. The topological polar surface area (TPSA) is 24.1 Å². The lowest BCUT2D eigenvalue weighted by atomic mass is 10.2. The van der Waals surface area contributed by atoms with Crippen LogP contribution in [0.3, 0.4) is 0 Å². The summed E-state index contributed by atoms with van der Waals surface area (Å²) in [6.07, 6.45) is 1.11. The van der Waals surface area contributed by atoms with Crippen molar-refractivity contribution in [1.82, 2.24) is 10.6 Å². The van der Waals surface area contributed by atoms with Crippen LogP contribution in [-0.2, 0) is 6.54 Å². The molecule has 16 heavy (non-hydrogen) atoms. The summed E-state index contributed by atoms with van der Waals surface area (Å²) >= 11 is 3.18. The van der Waals surface area contributed by atoms with Crippen molar-refractivity contribution in [3.05, 3.63) is 34.1 Å². The summed E-state index contributed by atoms with van der Waals surface area (Å²) in [5, 5.41) is 6.59. The van der Waals surface area contributed by atoms with Gasteiger partial charge < -0.3 is 10.6 Å². The van der Waals surface area contributed by atoms with Crippen molar-refractivity contribution in [3.8, 4) is 0 Å². The molecule has 0 radical (unpaired) electrons. The number of rotatable bonds is 7. The van der Waals surface area contributed by atoms with Gasteiger partial charge in [0, 0.05) is 6.54 Å². The van der Waals surface area contributed by atoms with E-state index in [9.17, 15) is 4.39 Å². The summed E-state index contributed by atoms with van der Waals surface area (Å²) in [5.41, 5.74) is 1.09. The number of benzene rings is 1. The van der Waals surface area contributed by atoms with Gasteiger partial charge in [-0.05, 0) is 59.7 Å². The molecule has 2 N–H and O–H groups in total. The van der Waals surface area contributed by atoms with Crippen molar-refractivity contribution in [2.24, 2.45) is 0 Å². The molecule has 4 heteroatoms. The number of hydrogen-bond donors (Lipinski definition) is 2. The van der Waals surface area contributed by atoms with Crippen LogP contribution >= 0.6 is 15.9 Å². The average molecular weight is 289 g/mol. The Balaban J connectivity index is 2.19. The van der Waals surface area contributed by atoms with Crippen LogP contribution in [0.4, 0.5) is 4.39 Å². The molecule has 0 saturated heterocycles. The average Bonchev–Trinajstić information content (AvgIpc) is 2.28. The molecule has 0 aliphatic carbocycles. The van der Waals surface area contributed by atoms with Crippen molar-refractivity contribution >= 4 is 15.9 Å². The zero-order valence-corrected chi connectivity index (χ0v) is 11.1. The maximum Gasteiger partial charge on any atom is 0.137 e. The van der Waals surface area contributed by atoms with E-state index in [4.69, 9.17) is 0 Å². The summed E-state index contributed by atoms with van der Waals surface area (Å²) in [7, 11) is 0. The minimum atomic E-state index is -0.212. The van der Waals surface area contributed by atoms with E-state index in [0.717, 1.165) is 38.2 Å². The van der Waals surface area contributed by atoms with E-state index >= 15 is 0 Å². The second-order valence-electron chi connectivity index (χ2n) is 3.63. The Morgan fingerprint density at radius 3 is 2.69 bits per heavy atom. The summed E-state index contributed by atoms with van der Waals surface area (Å²) < 4.78 is 13.5. The van der Waals surface area contributed by atoms with Gasteiger partial charge in [-0.2, -0.15) is 0 Å². The van der Waals surface area contributed by atoms with Crippen LogP contribution < -0.4 is 10.6 Å². The van der Waals surface area contributed by atoms with E-state index in [-0.39, 0.29) is 5.82 Å². The fourth-order valence-electron chi connectivity index (χ4n) is 1.40. The highest BCUT2D eigenvalue weighted by molar-refractivity contribution is 9.10. The zero-order chi connectivity index (χ0) is 11.8. The first kappa shape index (κ1) is 13.6. The third kappa shape index (κ3) is 5.05. The standard InChI is InChI=1S/C12H18BrFN2/c1-2-15-6-3-7-16-9-10-4-5-12(14)11(13)8-10/h4-5,8,15-16H,2-3,6-7,9H2,1H3. The van der Waals surface area contributed by atoms with Crippen molar-refractivity contribution in [2.45, 2.75) is 19.9 Å². The van der Waals surface area contributed by atoms with Crippen LogP contribution in [0, 0.1) is 5.82 Å². The van der Waals surface area contributed by atoms with E-state index in [1.165, 1.54) is 6.07 Å². The Morgan fingerprint density at radius 1 is 1.25 bits per heavy atom. The molecule has 0 aliphatic heterocycles. The van der Waals surface area contributed by atoms with Crippen LogP contribution in [0.15, 0.2) is 22.7 Å². The smallest absolute Gasteiger partial charge is 0.137 e. The monoisotopic (exact) mass is 288 g/mol. The number of nitrogens with one attached hydrogen (secondary N) is 2. The zero-order valence-electron chi connectivity index (χ0n) is 9.52. The first-order valence-corrected chi connectivity index (χ1v) is 6.38. The highest BCUT2D eigenvalue weighted by Crippen LogP contribution is 2.16. The minimum Gasteiger partial charge on any atom is -0.317 e. The molecule has 0 spiro atoms. The van der Waals surface area contributed by atoms with Gasteiger partial charge in [-0.3, -0.25) is 0 Å². The number of halogens is 2. The molecule has 1 rings (SSSR count). The fraction of sp³-hybridized carbons (Fsp3) is 0.500. The van der Waals surface area contributed by atoms with E-state index in [2.05, 4.69) is 33.5 Å². The Hall–Kier alpha value is -0.450. The minimum absolute atomic E-state index is 0.212. The normalized spacial score (nSPS) is 10.7. The van der Waals surface area contributed by atoms with Crippen molar-refractivity contribution in [3.63, 3.8) is 0 Å². The van der Waals surface area contributed by atoms with Gasteiger partial charge in [0.15, 0.2) is 0 Å². The van der Waals surface area contributed by atoms with Crippen LogP contribution in [0.25, 0.3) is 0 Å². The summed E-state index contributed by atoms with van der Waals surface area (Å²) in [5.74, 6) is -0.212. The van der Waals surface area contributed by atoms with E-state index in [1.807, 2.05) is 6.07 Å². The van der Waals surface area contributed by atoms with Crippen LogP contribution in [0.2, 0.25) is 0 Å². The molecule has 1 aromatic rings. The van der Waals surface area contributed by atoms with Crippen molar-refractivity contribution in [2.75, 3.05) is 19.6 Å². The fourth-order valence-corrected chi connectivity index (χ4v) is 1.82. The third-order valence-corrected chi connectivity index (χ3v) is 2.88. The molecule has 0 atom stereocenters. The molecule has 0 saturated carbocycles. The van der Waals surface area contributed by atoms with E-state index in [0.29, 0.717) is 4.47 Å². The van der Waals surface area contributed by atoms with Gasteiger partial charge in [-0.1, -0.05) is 13.0 Å². The second kappa shape index (κ2) is 7.76. The lowest BCUT2D eigenvalue weighted by Crippen LogP contribution is -2.21. The lowest BCUT2D eigenvalue weighted by Gasteiger charge is -2.06. The van der Waals surface area contributed by atoms with Crippen LogP contribution in [0.1, 0.15) is 18.9 Å². The summed E-state index contributed by atoms with van der Waals surface area (Å²) in [6.45, 7) is 5.91. The molecule has 0 bridgehead atoms. The quantitative estimate of drug-likeness (QED) is 0.754. The summed E-state index contributed by atoms with van der Waals surface area (Å²) in [6, 6.07) is 5.10. The lowest BCUT2D eigenvalue weighted by molar-refractivity contribution is 0.602. The van der Waals surface area contributed by atoms with Gasteiger partial charge in [0.1, 0.15) is 5.82 Å². The molecule has 1 aromatic carbocycles. The molecular formula is C12H18BrFN2. The van der Waals surface area contributed by atoms with Crippen molar-refractivity contribution in [1.29, 1.82) is 0 Å². The van der Waals surface area contributed by atoms with Gasteiger partial charge in [0.05, 0.1) is 4.47 Å². The van der Waals surface area contributed by atoms with Crippen molar-refractivity contribution < 1.29 is 4.39 Å². The first-order chi connectivity index (χ1) is 7.74. The predicted molar refractivity (Wildman–Crippen MR) is 69.0 cm³/mol. The molecule has 0 aliphatic rings. The molecule has 0 unspecified atom stereocenters. The largest absolute Gasteiger partial charge is 0.317 e. The molecule has 0 amide bonds. The van der Waals surface area contributed by atoms with Crippen LogP contribution in [-0.4, -0.2) is 19.6 Å². The predicted octanol–water partition coefficient (Wildman–Crippen LogP) is 2.68. The Kier molecular flexibility index (Phi) is 6.61. The Morgan fingerprint density at radius 2 is 2.00 bits per heavy atom. The number of hydrogen-bond acceptors (Lipinski definition) is 2. The highest BCUT2D eigenvalue weighted by Gasteiger charge is 1.99. The van der Waals surface area contributed by atoms with Gasteiger partial charge in [0.25, 0.3) is 0 Å². The van der Waals surface area contributed by atoms with E-state index in [1.54, 1.807) is 6.07 Å². The van der Waals surface area contributed by atoms with Gasteiger partial charge in [0.2, 0.25) is 0 Å². The molecule has 90 valence electrons. The maximum absolute atomic E-state index is 13.0. The SMILES string of the molecule is CCNCCCNCc1ccc(F)c(Br)c1. The third-order valence-electron chi connectivity index (χ3n) is 2.27. The van der Waals surface area contributed by atoms with Gasteiger partial charge >= 0.3 is 0 Å². The highest BCUT2D eigenvalue weighted by atomic mass is 79.9. The molecule has 0 aromatic heterocycles. The van der Waals surface area contributed by atoms with Crippen LogP contribution in [0.5, 0.6) is 0 Å². The molecule has 2 nitrogen and oxygen atoms in total. The van der Waals surface area contributed by atoms with E-state index < -0.39 is 0 Å². The van der Waals surface area contributed by atoms with Gasteiger partial charge in [-0.25, -0.2) is 4.39 Å². The Bertz CT molecular complexity index is 318. The Labute approximate surface area is 105 Å². The maximum atomic E-state index is 13.0. The molecule has 0 heterocycles. The summed E-state index contributed by atoms with van der Waals surface area (Å²) in [4.78, 5) is 0. The molecular weight excluding hydrogens is 271 g/mol. The van der Waals surface area contributed by atoms with Gasteiger partial charge in [-0.15, -0.1) is 0 Å². The second-order valence-corrected chi connectivity index (χ2v) is 4.49.